The van der Waals surface area contributed by atoms with E-state index in [1.165, 1.54) is 11.1 Å². The van der Waals surface area contributed by atoms with Crippen molar-refractivity contribution in [3.63, 3.8) is 0 Å². The second-order valence-electron chi connectivity index (χ2n) is 5.00. The summed E-state index contributed by atoms with van der Waals surface area (Å²) in [5.41, 5.74) is 3.52. The zero-order valence-corrected chi connectivity index (χ0v) is 14.3. The third-order valence-corrected chi connectivity index (χ3v) is 4.45. The van der Waals surface area contributed by atoms with Gasteiger partial charge in [0.15, 0.2) is 0 Å². The van der Waals surface area contributed by atoms with Crippen LogP contribution in [-0.4, -0.2) is 18.6 Å². The number of hydrogen-bond acceptors (Lipinski definition) is 3. The number of hydrogen-bond donors (Lipinski definition) is 1. The summed E-state index contributed by atoms with van der Waals surface area (Å²) in [4.78, 5) is 4.30. The highest BCUT2D eigenvalue weighted by molar-refractivity contribution is 9.10. The highest BCUT2D eigenvalue weighted by Gasteiger charge is 2.16. The van der Waals surface area contributed by atoms with Gasteiger partial charge in [-0.3, -0.25) is 4.98 Å². The number of halogens is 1. The first-order valence-corrected chi connectivity index (χ1v) is 7.96. The monoisotopic (exact) mass is 348 g/mol. The van der Waals surface area contributed by atoms with Gasteiger partial charge in [0.2, 0.25) is 0 Å². The van der Waals surface area contributed by atoms with Gasteiger partial charge in [0.25, 0.3) is 0 Å². The Morgan fingerprint density at radius 2 is 2.14 bits per heavy atom. The molecule has 0 bridgehead atoms. The Morgan fingerprint density at radius 3 is 2.86 bits per heavy atom. The summed E-state index contributed by atoms with van der Waals surface area (Å²) in [5, 5.41) is 3.36. The molecule has 1 N–H and O–H groups in total. The summed E-state index contributed by atoms with van der Waals surface area (Å²) in [6, 6.07) is 8.43. The zero-order chi connectivity index (χ0) is 15.2. The van der Waals surface area contributed by atoms with Crippen molar-refractivity contribution in [3.8, 4) is 5.75 Å². The summed E-state index contributed by atoms with van der Waals surface area (Å²) < 4.78 is 6.81. The van der Waals surface area contributed by atoms with Gasteiger partial charge in [0, 0.05) is 10.7 Å². The van der Waals surface area contributed by atoms with Crippen molar-refractivity contribution in [2.75, 3.05) is 13.7 Å². The van der Waals surface area contributed by atoms with Crippen molar-refractivity contribution >= 4 is 15.9 Å². The number of rotatable bonds is 6. The molecule has 1 aromatic heterocycles. The van der Waals surface area contributed by atoms with Crippen LogP contribution < -0.4 is 10.1 Å². The first-order valence-electron chi connectivity index (χ1n) is 7.17. The van der Waals surface area contributed by atoms with Gasteiger partial charge in [0.1, 0.15) is 5.75 Å². The molecule has 1 atom stereocenters. The standard InChI is InChI=1S/C17H21BrN2O/c1-4-8-21-14-9-13(10-20-11-14)17(19-3)15-7-5-6-12(2)16(15)18/h5-7,9-11,17,19H,4,8H2,1-3H3. The molecule has 3 nitrogen and oxygen atoms in total. The average Bonchev–Trinajstić information content (AvgIpc) is 2.50. The van der Waals surface area contributed by atoms with Gasteiger partial charge in [-0.25, -0.2) is 0 Å². The van der Waals surface area contributed by atoms with E-state index in [0.717, 1.165) is 22.2 Å². The lowest BCUT2D eigenvalue weighted by molar-refractivity contribution is 0.315. The number of benzene rings is 1. The molecule has 0 saturated carbocycles. The highest BCUT2D eigenvalue weighted by atomic mass is 79.9. The third-order valence-electron chi connectivity index (χ3n) is 3.36. The van der Waals surface area contributed by atoms with E-state index >= 15 is 0 Å². The molecule has 0 aliphatic carbocycles. The van der Waals surface area contributed by atoms with Crippen LogP contribution in [0.2, 0.25) is 0 Å². The molecule has 1 aromatic carbocycles. The van der Waals surface area contributed by atoms with Crippen LogP contribution in [0.3, 0.4) is 0 Å². The summed E-state index contributed by atoms with van der Waals surface area (Å²) >= 11 is 3.69. The number of nitrogens with one attached hydrogen (secondary N) is 1. The fraction of sp³-hybridized carbons (Fsp3) is 0.353. The topological polar surface area (TPSA) is 34.1 Å². The predicted octanol–water partition coefficient (Wildman–Crippen LogP) is 4.25. The van der Waals surface area contributed by atoms with Crippen LogP contribution >= 0.6 is 15.9 Å². The minimum Gasteiger partial charge on any atom is -0.492 e. The van der Waals surface area contributed by atoms with Crippen LogP contribution in [0.1, 0.15) is 36.1 Å². The van der Waals surface area contributed by atoms with Gasteiger partial charge in [-0.15, -0.1) is 0 Å². The smallest absolute Gasteiger partial charge is 0.137 e. The molecule has 1 unspecified atom stereocenters. The maximum absolute atomic E-state index is 5.68. The second kappa shape index (κ2) is 7.57. The first-order chi connectivity index (χ1) is 10.2. The average molecular weight is 349 g/mol. The van der Waals surface area contributed by atoms with Crippen LogP contribution in [0.5, 0.6) is 5.75 Å². The Balaban J connectivity index is 2.35. The van der Waals surface area contributed by atoms with Crippen molar-refractivity contribution in [2.45, 2.75) is 26.3 Å². The quantitative estimate of drug-likeness (QED) is 0.847. The van der Waals surface area contributed by atoms with E-state index in [2.05, 4.69) is 64.3 Å². The minimum absolute atomic E-state index is 0.0805. The second-order valence-corrected chi connectivity index (χ2v) is 5.80. The van der Waals surface area contributed by atoms with Gasteiger partial charge in [-0.2, -0.15) is 0 Å². The Kier molecular flexibility index (Phi) is 5.76. The number of aromatic nitrogens is 1. The maximum Gasteiger partial charge on any atom is 0.137 e. The van der Waals surface area contributed by atoms with Gasteiger partial charge in [-0.1, -0.05) is 41.1 Å². The van der Waals surface area contributed by atoms with E-state index in [0.29, 0.717) is 6.61 Å². The Hall–Kier alpha value is -1.39. The van der Waals surface area contributed by atoms with Gasteiger partial charge < -0.3 is 10.1 Å². The van der Waals surface area contributed by atoms with E-state index in [1.54, 1.807) is 6.20 Å². The molecule has 21 heavy (non-hydrogen) atoms. The molecule has 0 aliphatic heterocycles. The molecule has 0 amide bonds. The number of nitrogens with zero attached hydrogens (tertiary/aromatic N) is 1. The molecule has 0 spiro atoms. The molecule has 0 radical (unpaired) electrons. The molecule has 1 heterocycles. The summed E-state index contributed by atoms with van der Waals surface area (Å²) in [6.07, 6.45) is 4.63. The molecule has 2 aromatic rings. The lowest BCUT2D eigenvalue weighted by Gasteiger charge is -2.20. The predicted molar refractivity (Wildman–Crippen MR) is 89.8 cm³/mol. The lowest BCUT2D eigenvalue weighted by Crippen LogP contribution is -2.18. The lowest BCUT2D eigenvalue weighted by atomic mass is 9.98. The fourth-order valence-corrected chi connectivity index (χ4v) is 2.78. The van der Waals surface area contributed by atoms with E-state index in [-0.39, 0.29) is 6.04 Å². The largest absolute Gasteiger partial charge is 0.492 e. The maximum atomic E-state index is 5.68. The van der Waals surface area contributed by atoms with Crippen LogP contribution in [0.25, 0.3) is 0 Å². The summed E-state index contributed by atoms with van der Waals surface area (Å²) in [7, 11) is 1.96. The molecule has 0 fully saturated rings. The van der Waals surface area contributed by atoms with Crippen LogP contribution in [0, 0.1) is 6.92 Å². The van der Waals surface area contributed by atoms with E-state index in [1.807, 2.05) is 13.2 Å². The molecule has 0 aliphatic rings. The van der Waals surface area contributed by atoms with Gasteiger partial charge >= 0.3 is 0 Å². The van der Waals surface area contributed by atoms with Crippen LogP contribution in [0.4, 0.5) is 0 Å². The van der Waals surface area contributed by atoms with E-state index in [4.69, 9.17) is 4.74 Å². The van der Waals surface area contributed by atoms with Crippen molar-refractivity contribution in [3.05, 3.63) is 57.8 Å². The van der Waals surface area contributed by atoms with Crippen molar-refractivity contribution in [2.24, 2.45) is 0 Å². The molecular weight excluding hydrogens is 328 g/mol. The number of ether oxygens (including phenoxy) is 1. The zero-order valence-electron chi connectivity index (χ0n) is 12.7. The summed E-state index contributed by atoms with van der Waals surface area (Å²) in [5.74, 6) is 0.818. The SMILES string of the molecule is CCCOc1cncc(C(NC)c2cccc(C)c2Br)c1. The number of aryl methyl sites for hydroxylation is 1. The van der Waals surface area contributed by atoms with Gasteiger partial charge in [0.05, 0.1) is 18.8 Å². The Bertz CT molecular complexity index is 601. The van der Waals surface area contributed by atoms with E-state index in [9.17, 15) is 0 Å². The van der Waals surface area contributed by atoms with Crippen molar-refractivity contribution in [1.29, 1.82) is 0 Å². The third kappa shape index (κ3) is 3.83. The van der Waals surface area contributed by atoms with Crippen molar-refractivity contribution < 1.29 is 4.74 Å². The Labute approximate surface area is 134 Å². The molecule has 2 rings (SSSR count). The van der Waals surface area contributed by atoms with Crippen LogP contribution in [0.15, 0.2) is 41.1 Å². The summed E-state index contributed by atoms with van der Waals surface area (Å²) in [6.45, 7) is 4.90. The Morgan fingerprint density at radius 1 is 1.33 bits per heavy atom. The van der Waals surface area contributed by atoms with Crippen LogP contribution in [-0.2, 0) is 0 Å². The van der Waals surface area contributed by atoms with Gasteiger partial charge in [-0.05, 0) is 43.1 Å². The fourth-order valence-electron chi connectivity index (χ4n) is 2.29. The van der Waals surface area contributed by atoms with Crippen molar-refractivity contribution in [1.82, 2.24) is 10.3 Å². The molecular formula is C17H21BrN2O. The number of pyridine rings is 1. The molecule has 0 saturated heterocycles. The first kappa shape index (κ1) is 16.0. The molecule has 112 valence electrons. The normalized spacial score (nSPS) is 12.2. The molecule has 4 heteroatoms. The highest BCUT2D eigenvalue weighted by Crippen LogP contribution is 2.31. The minimum atomic E-state index is 0.0805. The van der Waals surface area contributed by atoms with E-state index < -0.39 is 0 Å².